The van der Waals surface area contributed by atoms with Gasteiger partial charge >= 0.3 is 0 Å². The smallest absolute Gasteiger partial charge is 0.219 e. The summed E-state index contributed by atoms with van der Waals surface area (Å²) in [6.07, 6.45) is 7.74. The zero-order chi connectivity index (χ0) is 19.8. The number of aromatic nitrogens is 6. The number of anilines is 1. The third kappa shape index (κ3) is 3.75. The first-order chi connectivity index (χ1) is 14.2. The summed E-state index contributed by atoms with van der Waals surface area (Å²) in [6, 6.07) is 6.89. The SMILES string of the molecule is Cn1cc(CNc2cc(OC[C@H]3C[C@@H]3c3ccc(F)cn3)nc3ccnn23)cn1. The summed E-state index contributed by atoms with van der Waals surface area (Å²) in [4.78, 5) is 8.69. The molecule has 148 valence electrons. The molecule has 0 spiro atoms. The molecule has 1 N–H and O–H groups in total. The summed E-state index contributed by atoms with van der Waals surface area (Å²) in [5, 5.41) is 11.9. The summed E-state index contributed by atoms with van der Waals surface area (Å²) >= 11 is 0. The molecule has 1 fully saturated rings. The molecule has 0 aliphatic heterocycles. The molecule has 4 aromatic heterocycles. The minimum atomic E-state index is -0.313. The fourth-order valence-corrected chi connectivity index (χ4v) is 3.44. The molecular formula is C20H20FN7O. The van der Waals surface area contributed by atoms with Crippen molar-refractivity contribution in [3.8, 4) is 5.88 Å². The summed E-state index contributed by atoms with van der Waals surface area (Å²) in [5.41, 5.74) is 2.70. The highest BCUT2D eigenvalue weighted by atomic mass is 19.1. The minimum absolute atomic E-state index is 0.313. The van der Waals surface area contributed by atoms with E-state index in [1.54, 1.807) is 21.5 Å². The zero-order valence-corrected chi connectivity index (χ0v) is 15.9. The van der Waals surface area contributed by atoms with Gasteiger partial charge in [-0.2, -0.15) is 19.7 Å². The summed E-state index contributed by atoms with van der Waals surface area (Å²) in [5.74, 6) is 1.71. The normalized spacial score (nSPS) is 18.1. The number of halogens is 1. The highest BCUT2D eigenvalue weighted by Gasteiger charge is 2.40. The van der Waals surface area contributed by atoms with Crippen LogP contribution >= 0.6 is 0 Å². The number of fused-ring (bicyclic) bond motifs is 1. The lowest BCUT2D eigenvalue weighted by Crippen LogP contribution is -2.08. The van der Waals surface area contributed by atoms with Crippen LogP contribution in [0.5, 0.6) is 5.88 Å². The number of hydrogen-bond donors (Lipinski definition) is 1. The Hall–Kier alpha value is -3.49. The monoisotopic (exact) mass is 393 g/mol. The van der Waals surface area contributed by atoms with Gasteiger partial charge in [-0.25, -0.2) is 4.39 Å². The fraction of sp³-hybridized carbons (Fsp3) is 0.300. The van der Waals surface area contributed by atoms with E-state index in [-0.39, 0.29) is 5.82 Å². The van der Waals surface area contributed by atoms with Crippen LogP contribution < -0.4 is 10.1 Å². The molecule has 2 atom stereocenters. The number of nitrogens with zero attached hydrogens (tertiary/aromatic N) is 6. The van der Waals surface area contributed by atoms with E-state index < -0.39 is 0 Å². The molecule has 5 rings (SSSR count). The molecule has 4 heterocycles. The van der Waals surface area contributed by atoms with Gasteiger partial charge in [0, 0.05) is 55.0 Å². The second-order valence-corrected chi connectivity index (χ2v) is 7.27. The molecule has 0 unspecified atom stereocenters. The summed E-state index contributed by atoms with van der Waals surface area (Å²) in [7, 11) is 1.89. The average Bonchev–Trinajstić information content (AvgIpc) is 3.12. The fourth-order valence-electron chi connectivity index (χ4n) is 3.44. The maximum absolute atomic E-state index is 13.0. The Morgan fingerprint density at radius 2 is 2.17 bits per heavy atom. The standard InChI is InChI=1S/C20H20FN7O/c1-27-11-13(9-25-27)8-23-19-7-20(26-18-4-5-24-28(18)19)29-12-14-6-16(14)17-3-2-15(21)10-22-17/h2-5,7,9-11,14,16,23H,6,8,12H2,1H3/t14-,16+/m1/s1. The molecule has 4 aromatic rings. The zero-order valence-electron chi connectivity index (χ0n) is 15.9. The van der Waals surface area contributed by atoms with Crippen LogP contribution in [-0.4, -0.2) is 36.0 Å². The van der Waals surface area contributed by atoms with Gasteiger partial charge in [-0.05, 0) is 18.6 Å². The largest absolute Gasteiger partial charge is 0.477 e. The van der Waals surface area contributed by atoms with Gasteiger partial charge in [0.05, 0.1) is 25.2 Å². The van der Waals surface area contributed by atoms with Crippen LogP contribution in [0.4, 0.5) is 10.2 Å². The lowest BCUT2D eigenvalue weighted by molar-refractivity contribution is 0.286. The molecule has 8 nitrogen and oxygen atoms in total. The van der Waals surface area contributed by atoms with E-state index in [1.165, 1.54) is 12.3 Å². The first kappa shape index (κ1) is 17.6. The van der Waals surface area contributed by atoms with E-state index in [2.05, 4.69) is 25.5 Å². The molecule has 29 heavy (non-hydrogen) atoms. The van der Waals surface area contributed by atoms with Crippen LogP contribution in [0.15, 0.2) is 49.1 Å². The lowest BCUT2D eigenvalue weighted by atomic mass is 10.2. The molecular weight excluding hydrogens is 373 g/mol. The van der Waals surface area contributed by atoms with Crippen LogP contribution in [0, 0.1) is 11.7 Å². The van der Waals surface area contributed by atoms with Crippen LogP contribution in [0.1, 0.15) is 23.6 Å². The lowest BCUT2D eigenvalue weighted by Gasteiger charge is -2.11. The minimum Gasteiger partial charge on any atom is -0.477 e. The van der Waals surface area contributed by atoms with Crippen LogP contribution in [-0.2, 0) is 13.6 Å². The van der Waals surface area contributed by atoms with E-state index in [9.17, 15) is 4.39 Å². The van der Waals surface area contributed by atoms with Gasteiger partial charge in [-0.1, -0.05) is 0 Å². The van der Waals surface area contributed by atoms with Gasteiger partial charge in [0.25, 0.3) is 0 Å². The molecule has 0 bridgehead atoms. The predicted octanol–water partition coefficient (Wildman–Crippen LogP) is 2.79. The van der Waals surface area contributed by atoms with Crippen molar-refractivity contribution >= 4 is 11.5 Å². The molecule has 0 aromatic carbocycles. The number of hydrogen-bond acceptors (Lipinski definition) is 6. The van der Waals surface area contributed by atoms with Gasteiger partial charge < -0.3 is 10.1 Å². The molecule has 1 saturated carbocycles. The average molecular weight is 393 g/mol. The van der Waals surface area contributed by atoms with E-state index in [0.717, 1.165) is 23.5 Å². The van der Waals surface area contributed by atoms with Gasteiger partial charge in [0.2, 0.25) is 5.88 Å². The Kier molecular flexibility index (Phi) is 4.34. The van der Waals surface area contributed by atoms with Crippen molar-refractivity contribution in [1.82, 2.24) is 29.4 Å². The number of nitrogens with one attached hydrogen (secondary N) is 1. The number of rotatable bonds is 7. The van der Waals surface area contributed by atoms with Crippen molar-refractivity contribution in [1.29, 1.82) is 0 Å². The second-order valence-electron chi connectivity index (χ2n) is 7.27. The number of pyridine rings is 1. The third-order valence-electron chi connectivity index (χ3n) is 5.07. The second kappa shape index (κ2) is 7.16. The quantitative estimate of drug-likeness (QED) is 0.520. The van der Waals surface area contributed by atoms with Crippen LogP contribution in [0.2, 0.25) is 0 Å². The molecule has 0 radical (unpaired) electrons. The van der Waals surface area contributed by atoms with E-state index >= 15 is 0 Å². The summed E-state index contributed by atoms with van der Waals surface area (Å²) < 4.78 is 22.5. The molecule has 1 aliphatic carbocycles. The van der Waals surface area contributed by atoms with Crippen molar-refractivity contribution in [3.63, 3.8) is 0 Å². The van der Waals surface area contributed by atoms with E-state index in [4.69, 9.17) is 4.74 Å². The van der Waals surface area contributed by atoms with Crippen LogP contribution in [0.25, 0.3) is 5.65 Å². The highest BCUT2D eigenvalue weighted by molar-refractivity contribution is 5.51. The molecule has 0 amide bonds. The number of ether oxygens (including phenoxy) is 1. The Morgan fingerprint density at radius 1 is 1.24 bits per heavy atom. The van der Waals surface area contributed by atoms with E-state index in [0.29, 0.717) is 36.5 Å². The Bertz CT molecular complexity index is 1140. The van der Waals surface area contributed by atoms with Crippen molar-refractivity contribution in [2.24, 2.45) is 13.0 Å². The number of aryl methyl sites for hydroxylation is 1. The Labute approximate surface area is 166 Å². The van der Waals surface area contributed by atoms with Crippen molar-refractivity contribution in [3.05, 3.63) is 66.1 Å². The first-order valence-corrected chi connectivity index (χ1v) is 9.46. The van der Waals surface area contributed by atoms with E-state index in [1.807, 2.05) is 31.6 Å². The predicted molar refractivity (Wildman–Crippen MR) is 104 cm³/mol. The molecule has 1 aliphatic rings. The van der Waals surface area contributed by atoms with Gasteiger partial charge in [0.15, 0.2) is 5.65 Å². The van der Waals surface area contributed by atoms with Crippen molar-refractivity contribution in [2.45, 2.75) is 18.9 Å². The Balaban J connectivity index is 1.26. The summed E-state index contributed by atoms with van der Waals surface area (Å²) in [6.45, 7) is 1.16. The molecule has 0 saturated heterocycles. The maximum atomic E-state index is 13.0. The Morgan fingerprint density at radius 3 is 2.97 bits per heavy atom. The topological polar surface area (TPSA) is 82.2 Å². The highest BCUT2D eigenvalue weighted by Crippen LogP contribution is 2.46. The van der Waals surface area contributed by atoms with Gasteiger partial charge in [-0.15, -0.1) is 0 Å². The van der Waals surface area contributed by atoms with Gasteiger partial charge in [-0.3, -0.25) is 9.67 Å². The third-order valence-corrected chi connectivity index (χ3v) is 5.07. The van der Waals surface area contributed by atoms with Crippen molar-refractivity contribution < 1.29 is 9.13 Å². The first-order valence-electron chi connectivity index (χ1n) is 9.46. The van der Waals surface area contributed by atoms with Crippen molar-refractivity contribution in [2.75, 3.05) is 11.9 Å². The van der Waals surface area contributed by atoms with Gasteiger partial charge in [0.1, 0.15) is 11.6 Å². The molecule has 9 heteroatoms. The van der Waals surface area contributed by atoms with Crippen LogP contribution in [0.3, 0.4) is 0 Å². The maximum Gasteiger partial charge on any atom is 0.219 e.